The van der Waals surface area contributed by atoms with Crippen molar-refractivity contribution in [1.29, 1.82) is 0 Å². The fourth-order valence-corrected chi connectivity index (χ4v) is 5.12. The van der Waals surface area contributed by atoms with Crippen LogP contribution in [-0.2, 0) is 16.1 Å². The van der Waals surface area contributed by atoms with Gasteiger partial charge in [0, 0.05) is 20.1 Å². The van der Waals surface area contributed by atoms with E-state index in [-0.39, 0.29) is 43.3 Å². The van der Waals surface area contributed by atoms with E-state index in [1.807, 2.05) is 30.3 Å². The van der Waals surface area contributed by atoms with Crippen LogP contribution >= 0.6 is 0 Å². The molecule has 37 heavy (non-hydrogen) atoms. The van der Waals surface area contributed by atoms with Gasteiger partial charge in [-0.15, -0.1) is 0 Å². The molecule has 1 unspecified atom stereocenters. The standard InChI is InChI=1S/C28H36FN5O3/c1-3-4-5-6-10-17-32-19-24-33(26(27(32)36)22-11-8-7-9-12-22)25(35)20-31(2)34(24)28(37)30-18-21-13-15-23(29)16-14-21/h7-9,11-16,24,26H,3-6,10,17-20H2,1-2H3,(H,30,37)/t24-,26?/m0/s1. The monoisotopic (exact) mass is 509 g/mol. The lowest BCUT2D eigenvalue weighted by atomic mass is 9.98. The quantitative estimate of drug-likeness (QED) is 0.520. The third kappa shape index (κ3) is 6.10. The van der Waals surface area contributed by atoms with E-state index in [1.165, 1.54) is 17.1 Å². The molecule has 2 saturated heterocycles. The third-order valence-corrected chi connectivity index (χ3v) is 7.04. The summed E-state index contributed by atoms with van der Waals surface area (Å²) in [5.41, 5.74) is 1.50. The molecule has 1 N–H and O–H groups in total. The number of hydrogen-bond donors (Lipinski definition) is 1. The summed E-state index contributed by atoms with van der Waals surface area (Å²) < 4.78 is 13.3. The van der Waals surface area contributed by atoms with Crippen LogP contribution in [0.25, 0.3) is 0 Å². The number of nitrogens with one attached hydrogen (secondary N) is 1. The molecule has 9 heteroatoms. The Bertz CT molecular complexity index is 1080. The molecule has 2 aliphatic heterocycles. The molecular weight excluding hydrogens is 473 g/mol. The zero-order valence-electron chi connectivity index (χ0n) is 21.6. The fourth-order valence-electron chi connectivity index (χ4n) is 5.12. The van der Waals surface area contributed by atoms with Gasteiger partial charge in [0.05, 0.1) is 13.1 Å². The van der Waals surface area contributed by atoms with Gasteiger partial charge in [-0.05, 0) is 29.7 Å². The molecule has 2 fully saturated rings. The van der Waals surface area contributed by atoms with Crippen LogP contribution in [0.2, 0.25) is 0 Å². The van der Waals surface area contributed by atoms with Crippen molar-refractivity contribution >= 4 is 17.8 Å². The molecule has 4 rings (SSSR count). The van der Waals surface area contributed by atoms with Crippen LogP contribution in [0.1, 0.15) is 56.2 Å². The van der Waals surface area contributed by atoms with E-state index >= 15 is 0 Å². The van der Waals surface area contributed by atoms with E-state index in [4.69, 9.17) is 0 Å². The first-order chi connectivity index (χ1) is 17.9. The molecule has 2 aromatic rings. The first-order valence-electron chi connectivity index (χ1n) is 13.1. The van der Waals surface area contributed by atoms with Gasteiger partial charge in [-0.2, -0.15) is 0 Å². The number of urea groups is 1. The van der Waals surface area contributed by atoms with Crippen molar-refractivity contribution in [2.45, 2.75) is 57.8 Å². The maximum atomic E-state index is 13.7. The molecule has 2 aliphatic rings. The summed E-state index contributed by atoms with van der Waals surface area (Å²) in [6.07, 6.45) is 4.70. The highest BCUT2D eigenvalue weighted by atomic mass is 19.1. The number of carbonyl (C=O) groups excluding carboxylic acids is 3. The second-order valence-corrected chi connectivity index (χ2v) is 9.74. The summed E-state index contributed by atoms with van der Waals surface area (Å²) in [6, 6.07) is 14.1. The Balaban J connectivity index is 1.58. The Morgan fingerprint density at radius 3 is 2.41 bits per heavy atom. The van der Waals surface area contributed by atoms with E-state index < -0.39 is 12.2 Å². The normalized spacial score (nSPS) is 20.2. The predicted octanol–water partition coefficient (Wildman–Crippen LogP) is 3.91. The number of fused-ring (bicyclic) bond motifs is 1. The van der Waals surface area contributed by atoms with Gasteiger partial charge in [0.2, 0.25) is 11.8 Å². The number of benzene rings is 2. The van der Waals surface area contributed by atoms with Crippen molar-refractivity contribution in [3.8, 4) is 0 Å². The van der Waals surface area contributed by atoms with Gasteiger partial charge in [0.1, 0.15) is 18.0 Å². The number of carbonyl (C=O) groups is 3. The summed E-state index contributed by atoms with van der Waals surface area (Å²) >= 11 is 0. The average molecular weight is 510 g/mol. The Kier molecular flexibility index (Phi) is 8.76. The first-order valence-corrected chi connectivity index (χ1v) is 13.1. The Hall–Kier alpha value is -3.46. The zero-order chi connectivity index (χ0) is 26.4. The molecule has 0 radical (unpaired) electrons. The van der Waals surface area contributed by atoms with Crippen LogP contribution in [0, 0.1) is 5.82 Å². The highest BCUT2D eigenvalue weighted by molar-refractivity contribution is 5.92. The molecule has 2 aromatic carbocycles. The number of nitrogens with zero attached hydrogens (tertiary/aromatic N) is 4. The van der Waals surface area contributed by atoms with E-state index in [9.17, 15) is 18.8 Å². The number of hydrogen-bond acceptors (Lipinski definition) is 4. The van der Waals surface area contributed by atoms with Crippen LogP contribution in [0.4, 0.5) is 9.18 Å². The lowest BCUT2D eigenvalue weighted by molar-refractivity contribution is -0.187. The first kappa shape index (κ1) is 26.6. The van der Waals surface area contributed by atoms with E-state index in [0.717, 1.165) is 43.2 Å². The molecule has 4 amide bonds. The van der Waals surface area contributed by atoms with Gasteiger partial charge in [0.25, 0.3) is 0 Å². The lowest BCUT2D eigenvalue weighted by Crippen LogP contribution is -2.73. The van der Waals surface area contributed by atoms with Gasteiger partial charge in [-0.25, -0.2) is 19.2 Å². The number of unbranched alkanes of at least 4 members (excludes halogenated alkanes) is 4. The van der Waals surface area contributed by atoms with Crippen molar-refractivity contribution in [2.75, 3.05) is 26.7 Å². The summed E-state index contributed by atoms with van der Waals surface area (Å²) in [7, 11) is 1.70. The number of piperazine rings is 1. The average Bonchev–Trinajstić information content (AvgIpc) is 2.89. The summed E-state index contributed by atoms with van der Waals surface area (Å²) in [5, 5.41) is 6.05. The minimum absolute atomic E-state index is 0.0197. The second-order valence-electron chi connectivity index (χ2n) is 9.74. The molecule has 0 spiro atoms. The van der Waals surface area contributed by atoms with Crippen LogP contribution in [0.15, 0.2) is 54.6 Å². The number of likely N-dealkylation sites (N-methyl/N-ethyl adjacent to an activating group) is 1. The van der Waals surface area contributed by atoms with Crippen LogP contribution in [0.5, 0.6) is 0 Å². The van der Waals surface area contributed by atoms with Crippen molar-refractivity contribution in [2.24, 2.45) is 0 Å². The third-order valence-electron chi connectivity index (χ3n) is 7.04. The maximum Gasteiger partial charge on any atom is 0.334 e. The van der Waals surface area contributed by atoms with Crippen molar-refractivity contribution in [1.82, 2.24) is 25.1 Å². The topological polar surface area (TPSA) is 76.2 Å². The smallest absolute Gasteiger partial charge is 0.334 e. The summed E-state index contributed by atoms with van der Waals surface area (Å²) in [6.45, 7) is 3.19. The van der Waals surface area contributed by atoms with Gasteiger partial charge >= 0.3 is 6.03 Å². The van der Waals surface area contributed by atoms with Crippen LogP contribution in [-0.4, -0.2) is 70.5 Å². The summed E-state index contributed by atoms with van der Waals surface area (Å²) in [4.78, 5) is 43.8. The number of hydrazine groups is 1. The number of halogens is 1. The Morgan fingerprint density at radius 2 is 1.70 bits per heavy atom. The SMILES string of the molecule is CCCCCCCN1C[C@H]2N(C(=O)CN(C)N2C(=O)NCc2ccc(F)cc2)C(c2ccccc2)C1=O. The van der Waals surface area contributed by atoms with E-state index in [2.05, 4.69) is 12.2 Å². The molecule has 0 aliphatic carbocycles. The maximum absolute atomic E-state index is 13.7. The van der Waals surface area contributed by atoms with E-state index in [1.54, 1.807) is 34.0 Å². The molecule has 0 bridgehead atoms. The minimum atomic E-state index is -0.788. The van der Waals surface area contributed by atoms with Crippen molar-refractivity contribution in [3.05, 3.63) is 71.5 Å². The fraction of sp³-hybridized carbons (Fsp3) is 0.464. The van der Waals surface area contributed by atoms with Crippen molar-refractivity contribution < 1.29 is 18.8 Å². The number of rotatable bonds is 9. The largest absolute Gasteiger partial charge is 0.337 e. The van der Waals surface area contributed by atoms with Gasteiger partial charge < -0.3 is 15.1 Å². The highest BCUT2D eigenvalue weighted by Crippen LogP contribution is 2.34. The molecule has 0 saturated carbocycles. The molecule has 2 heterocycles. The van der Waals surface area contributed by atoms with Gasteiger partial charge in [0.15, 0.2) is 0 Å². The van der Waals surface area contributed by atoms with Gasteiger partial charge in [-0.1, -0.05) is 75.1 Å². The molecule has 198 valence electrons. The number of amides is 4. The van der Waals surface area contributed by atoms with Crippen molar-refractivity contribution in [3.63, 3.8) is 0 Å². The van der Waals surface area contributed by atoms with Crippen LogP contribution < -0.4 is 5.32 Å². The molecule has 8 nitrogen and oxygen atoms in total. The lowest BCUT2D eigenvalue weighted by Gasteiger charge is -2.54. The minimum Gasteiger partial charge on any atom is -0.337 e. The summed E-state index contributed by atoms with van der Waals surface area (Å²) in [5.74, 6) is -0.643. The molecular formula is C28H36FN5O3. The van der Waals surface area contributed by atoms with E-state index in [0.29, 0.717) is 6.54 Å². The van der Waals surface area contributed by atoms with Crippen LogP contribution in [0.3, 0.4) is 0 Å². The Morgan fingerprint density at radius 1 is 1.00 bits per heavy atom. The second kappa shape index (κ2) is 12.2. The molecule has 2 atom stereocenters. The zero-order valence-corrected chi connectivity index (χ0v) is 21.6. The van der Waals surface area contributed by atoms with Gasteiger partial charge in [-0.3, -0.25) is 9.59 Å². The highest BCUT2D eigenvalue weighted by Gasteiger charge is 2.51. The predicted molar refractivity (Wildman–Crippen MR) is 138 cm³/mol. The Labute approximate surface area is 218 Å². The molecule has 0 aromatic heterocycles.